The summed E-state index contributed by atoms with van der Waals surface area (Å²) in [5.74, 6) is 1.24. The molecule has 0 atom stereocenters. The van der Waals surface area contributed by atoms with Crippen molar-refractivity contribution in [3.05, 3.63) is 41.6 Å². The Kier molecular flexibility index (Phi) is 5.90. The highest BCUT2D eigenvalue weighted by molar-refractivity contribution is 5.38. The van der Waals surface area contributed by atoms with E-state index in [0.717, 1.165) is 19.6 Å². The summed E-state index contributed by atoms with van der Waals surface area (Å²) >= 11 is 0. The third-order valence-electron chi connectivity index (χ3n) is 3.09. The van der Waals surface area contributed by atoms with Gasteiger partial charge in [0.1, 0.15) is 0 Å². The Labute approximate surface area is 125 Å². The molecule has 2 rings (SSSR count). The van der Waals surface area contributed by atoms with E-state index in [-0.39, 0.29) is 0 Å². The predicted octanol–water partition coefficient (Wildman–Crippen LogP) is 2.24. The molecule has 0 spiro atoms. The molecule has 1 heterocycles. The van der Waals surface area contributed by atoms with E-state index in [0.29, 0.717) is 18.3 Å². The minimum atomic E-state index is 0.523. The lowest BCUT2D eigenvalue weighted by atomic mass is 10.1. The second-order valence-electron chi connectivity index (χ2n) is 4.72. The molecule has 6 heteroatoms. The van der Waals surface area contributed by atoms with Gasteiger partial charge in [-0.1, -0.05) is 24.3 Å². The number of ether oxygens (including phenoxy) is 1. The summed E-state index contributed by atoms with van der Waals surface area (Å²) in [7, 11) is 1.69. The van der Waals surface area contributed by atoms with E-state index in [1.807, 2.05) is 12.1 Å². The molecule has 1 aromatic heterocycles. The molecular formula is C15H21N5O. The molecule has 2 N–H and O–H groups in total. The van der Waals surface area contributed by atoms with Crippen LogP contribution >= 0.6 is 0 Å². The molecule has 0 unspecified atom stereocenters. The Hall–Kier alpha value is -2.21. The number of nitrogens with one attached hydrogen (secondary N) is 2. The van der Waals surface area contributed by atoms with Crippen molar-refractivity contribution >= 4 is 11.8 Å². The third-order valence-corrected chi connectivity index (χ3v) is 3.09. The monoisotopic (exact) mass is 287 g/mol. The molecule has 0 saturated carbocycles. The van der Waals surface area contributed by atoms with Crippen molar-refractivity contribution in [2.75, 3.05) is 30.9 Å². The van der Waals surface area contributed by atoms with Crippen LogP contribution in [0.2, 0.25) is 0 Å². The van der Waals surface area contributed by atoms with Gasteiger partial charge in [0.2, 0.25) is 5.95 Å². The van der Waals surface area contributed by atoms with Gasteiger partial charge in [-0.15, -0.1) is 5.10 Å². The Morgan fingerprint density at radius 1 is 1.19 bits per heavy atom. The first-order valence-electron chi connectivity index (χ1n) is 7.00. The molecule has 0 aliphatic carbocycles. The van der Waals surface area contributed by atoms with Gasteiger partial charge < -0.3 is 15.4 Å². The van der Waals surface area contributed by atoms with Crippen LogP contribution in [0, 0.1) is 6.92 Å². The van der Waals surface area contributed by atoms with Crippen molar-refractivity contribution in [1.82, 2.24) is 15.2 Å². The molecule has 0 aliphatic rings. The first-order chi connectivity index (χ1) is 10.3. The van der Waals surface area contributed by atoms with Crippen molar-refractivity contribution in [2.45, 2.75) is 19.9 Å². The Bertz CT molecular complexity index is 561. The van der Waals surface area contributed by atoms with Crippen LogP contribution in [-0.2, 0) is 11.3 Å². The summed E-state index contributed by atoms with van der Waals surface area (Å²) in [6.07, 6.45) is 2.54. The van der Waals surface area contributed by atoms with Crippen molar-refractivity contribution in [3.8, 4) is 0 Å². The first kappa shape index (κ1) is 15.2. The molecule has 2 aromatic rings. The lowest BCUT2D eigenvalue weighted by Crippen LogP contribution is -2.10. The van der Waals surface area contributed by atoms with Crippen LogP contribution in [0.15, 0.2) is 30.5 Å². The molecule has 0 saturated heterocycles. The summed E-state index contributed by atoms with van der Waals surface area (Å²) < 4.78 is 5.00. The van der Waals surface area contributed by atoms with Gasteiger partial charge in [-0.3, -0.25) is 0 Å². The predicted molar refractivity (Wildman–Crippen MR) is 83.3 cm³/mol. The Morgan fingerprint density at radius 3 is 2.86 bits per heavy atom. The topological polar surface area (TPSA) is 72.0 Å². The fourth-order valence-electron chi connectivity index (χ4n) is 1.88. The summed E-state index contributed by atoms with van der Waals surface area (Å²) in [4.78, 5) is 4.38. The van der Waals surface area contributed by atoms with Gasteiger partial charge in [0, 0.05) is 26.8 Å². The minimum Gasteiger partial charge on any atom is -0.385 e. The molecule has 21 heavy (non-hydrogen) atoms. The zero-order valence-corrected chi connectivity index (χ0v) is 12.5. The fourth-order valence-corrected chi connectivity index (χ4v) is 1.88. The van der Waals surface area contributed by atoms with Gasteiger partial charge in [0.05, 0.1) is 6.20 Å². The Morgan fingerprint density at radius 2 is 2.05 bits per heavy atom. The third kappa shape index (κ3) is 5.00. The molecule has 6 nitrogen and oxygen atoms in total. The zero-order valence-electron chi connectivity index (χ0n) is 12.5. The maximum Gasteiger partial charge on any atom is 0.244 e. The van der Waals surface area contributed by atoms with E-state index in [1.54, 1.807) is 13.3 Å². The minimum absolute atomic E-state index is 0.523. The molecule has 1 aromatic carbocycles. The highest BCUT2D eigenvalue weighted by atomic mass is 16.5. The number of rotatable bonds is 8. The van der Waals surface area contributed by atoms with Crippen molar-refractivity contribution < 1.29 is 4.74 Å². The lowest BCUT2D eigenvalue weighted by Gasteiger charge is -2.09. The maximum atomic E-state index is 5.00. The lowest BCUT2D eigenvalue weighted by molar-refractivity contribution is 0.197. The van der Waals surface area contributed by atoms with E-state index in [1.165, 1.54) is 11.1 Å². The van der Waals surface area contributed by atoms with Crippen LogP contribution < -0.4 is 10.6 Å². The summed E-state index contributed by atoms with van der Waals surface area (Å²) in [5.41, 5.74) is 2.46. The van der Waals surface area contributed by atoms with Gasteiger partial charge in [-0.2, -0.15) is 10.1 Å². The molecule has 0 radical (unpaired) electrons. The average molecular weight is 287 g/mol. The number of methoxy groups -OCH3 is 1. The number of aromatic nitrogens is 3. The van der Waals surface area contributed by atoms with Gasteiger partial charge in [-0.05, 0) is 24.5 Å². The summed E-state index contributed by atoms with van der Waals surface area (Å²) in [6.45, 7) is 4.29. The largest absolute Gasteiger partial charge is 0.385 e. The standard InChI is InChI=1S/C15H21N5O/c1-12-6-3-4-7-13(12)10-17-15-19-14(11-18-20-15)16-8-5-9-21-2/h3-4,6-7,11H,5,8-10H2,1-2H3,(H2,16,17,19,20). The second kappa shape index (κ2) is 8.16. The number of nitrogens with zero attached hydrogens (tertiary/aromatic N) is 3. The summed E-state index contributed by atoms with van der Waals surface area (Å²) in [5, 5.41) is 14.3. The molecule has 112 valence electrons. The van der Waals surface area contributed by atoms with Crippen molar-refractivity contribution in [2.24, 2.45) is 0 Å². The maximum absolute atomic E-state index is 5.00. The van der Waals surface area contributed by atoms with Crippen LogP contribution in [0.3, 0.4) is 0 Å². The van der Waals surface area contributed by atoms with E-state index in [9.17, 15) is 0 Å². The molecule has 0 amide bonds. The van der Waals surface area contributed by atoms with Crippen LogP contribution in [0.1, 0.15) is 17.5 Å². The number of hydrogen-bond acceptors (Lipinski definition) is 6. The van der Waals surface area contributed by atoms with Crippen molar-refractivity contribution in [1.29, 1.82) is 0 Å². The number of benzene rings is 1. The van der Waals surface area contributed by atoms with Gasteiger partial charge in [-0.25, -0.2) is 0 Å². The van der Waals surface area contributed by atoms with Crippen LogP contribution in [0.25, 0.3) is 0 Å². The van der Waals surface area contributed by atoms with E-state index in [4.69, 9.17) is 4.74 Å². The number of aryl methyl sites for hydroxylation is 1. The van der Waals surface area contributed by atoms with Crippen LogP contribution in [0.5, 0.6) is 0 Å². The molecule has 0 aliphatic heterocycles. The summed E-state index contributed by atoms with van der Waals surface area (Å²) in [6, 6.07) is 8.23. The van der Waals surface area contributed by atoms with Crippen LogP contribution in [-0.4, -0.2) is 35.4 Å². The first-order valence-corrected chi connectivity index (χ1v) is 7.00. The Balaban J connectivity index is 1.87. The number of hydrogen-bond donors (Lipinski definition) is 2. The zero-order chi connectivity index (χ0) is 14.9. The molecule has 0 fully saturated rings. The van der Waals surface area contributed by atoms with Gasteiger partial charge >= 0.3 is 0 Å². The highest BCUT2D eigenvalue weighted by Crippen LogP contribution is 2.10. The highest BCUT2D eigenvalue weighted by Gasteiger charge is 2.01. The average Bonchev–Trinajstić information content (AvgIpc) is 2.51. The van der Waals surface area contributed by atoms with E-state index >= 15 is 0 Å². The number of anilines is 2. The van der Waals surface area contributed by atoms with Gasteiger partial charge in [0.25, 0.3) is 0 Å². The quantitative estimate of drug-likeness (QED) is 0.726. The van der Waals surface area contributed by atoms with E-state index < -0.39 is 0 Å². The smallest absolute Gasteiger partial charge is 0.244 e. The van der Waals surface area contributed by atoms with Crippen LogP contribution in [0.4, 0.5) is 11.8 Å². The normalized spacial score (nSPS) is 10.4. The molecular weight excluding hydrogens is 266 g/mol. The van der Waals surface area contributed by atoms with Gasteiger partial charge in [0.15, 0.2) is 5.82 Å². The SMILES string of the molecule is COCCCNc1cnnc(NCc2ccccc2C)n1. The fraction of sp³-hybridized carbons (Fsp3) is 0.400. The van der Waals surface area contributed by atoms with E-state index in [2.05, 4.69) is 44.9 Å². The van der Waals surface area contributed by atoms with Crippen molar-refractivity contribution in [3.63, 3.8) is 0 Å². The second-order valence-corrected chi connectivity index (χ2v) is 4.72. The molecule has 0 bridgehead atoms.